The van der Waals surface area contributed by atoms with Gasteiger partial charge in [0.1, 0.15) is 5.52 Å². The van der Waals surface area contributed by atoms with Crippen LogP contribution in [0.2, 0.25) is 0 Å². The lowest BCUT2D eigenvalue weighted by atomic mass is 9.99. The van der Waals surface area contributed by atoms with Gasteiger partial charge in [-0.15, -0.1) is 16.5 Å². The van der Waals surface area contributed by atoms with Gasteiger partial charge in [0.25, 0.3) is 0 Å². The Kier molecular flexibility index (Phi) is 13.8. The summed E-state index contributed by atoms with van der Waals surface area (Å²) in [7, 11) is 0. The van der Waals surface area contributed by atoms with Gasteiger partial charge in [-0.25, -0.2) is 9.97 Å². The lowest BCUT2D eigenvalue weighted by molar-refractivity contribution is 1.09. The topological polar surface area (TPSA) is 110 Å². The second-order valence-corrected chi connectivity index (χ2v) is 37.1. The zero-order valence-corrected chi connectivity index (χ0v) is 73.3. The number of benzene rings is 21. The van der Waals surface area contributed by atoms with Crippen LogP contribution in [0.1, 0.15) is 0 Å². The fourth-order valence-electron chi connectivity index (χ4n) is 25.4. The maximum Gasteiger partial charge on any atom is 0.374 e. The second-order valence-electron chi connectivity index (χ2n) is 37.1. The largest absolute Gasteiger partial charge is 0.394 e. The molecule has 0 bridgehead atoms. The predicted octanol–water partition coefficient (Wildman–Crippen LogP) is 32.1. The minimum atomic E-state index is 0.145. The molecule has 630 valence electrons. The maximum atomic E-state index is 7.79. The van der Waals surface area contributed by atoms with E-state index in [-0.39, 0.29) is 5.95 Å². The molecule has 0 spiro atoms. The molecule has 138 heavy (non-hydrogen) atoms. The van der Waals surface area contributed by atoms with Crippen LogP contribution in [0.15, 0.2) is 395 Å². The number of para-hydroxylation sites is 9. The number of fused-ring (bicyclic) bond motifs is 44. The van der Waals surface area contributed by atoms with E-state index < -0.39 is 0 Å². The Morgan fingerprint density at radius 2 is 0.514 bits per heavy atom. The molecule has 33 aromatic rings. The summed E-state index contributed by atoms with van der Waals surface area (Å²) in [5.74, 6) is 0.871. The molecule has 12 aromatic heterocycles. The van der Waals surface area contributed by atoms with E-state index in [0.717, 1.165) is 83.8 Å². The van der Waals surface area contributed by atoms with Crippen molar-refractivity contribution in [3.63, 3.8) is 0 Å². The summed E-state index contributed by atoms with van der Waals surface area (Å²) in [5.41, 5.74) is 31.7. The van der Waals surface area contributed by atoms with Gasteiger partial charge in [0.15, 0.2) is 0 Å². The van der Waals surface area contributed by atoms with Crippen LogP contribution in [-0.4, -0.2) is 56.8 Å². The van der Waals surface area contributed by atoms with E-state index in [0.29, 0.717) is 0 Å². The number of aromatic nitrogens is 12. The average Bonchev–Trinajstić information content (AvgIpc) is 1.50. The fraction of sp³-hybridized carbons (Fsp3) is 0. The highest BCUT2D eigenvalue weighted by Gasteiger charge is 2.35. The molecule has 12 heterocycles. The van der Waals surface area contributed by atoms with Crippen LogP contribution in [0.5, 0.6) is 0 Å². The van der Waals surface area contributed by atoms with Crippen LogP contribution in [-0.2, 0) is 0 Å². The molecule has 0 unspecified atom stereocenters. The van der Waals surface area contributed by atoms with Crippen molar-refractivity contribution in [2.24, 2.45) is 0 Å². The third-order valence-electron chi connectivity index (χ3n) is 30.7. The van der Waals surface area contributed by atoms with Crippen molar-refractivity contribution in [1.29, 1.82) is 0 Å². The molecule has 13 nitrogen and oxygen atoms in total. The summed E-state index contributed by atoms with van der Waals surface area (Å²) in [6.45, 7) is 7.79. The molecule has 2 aliphatic carbocycles. The molecule has 0 radical (unpaired) electrons. The molecule has 0 saturated heterocycles. The zero-order valence-electron chi connectivity index (χ0n) is 73.3. The quantitative estimate of drug-likeness (QED) is 0.163. The van der Waals surface area contributed by atoms with Crippen molar-refractivity contribution in [2.75, 3.05) is 0 Å². The van der Waals surface area contributed by atoms with Crippen LogP contribution in [0.25, 0.3) is 323 Å². The Hall–Kier alpha value is -19.0. The third-order valence-corrected chi connectivity index (χ3v) is 30.7. The van der Waals surface area contributed by atoms with Gasteiger partial charge < -0.3 is 27.2 Å². The number of hydrogen-bond acceptors (Lipinski definition) is 6. The smallest absolute Gasteiger partial charge is 0.374 e. The van der Waals surface area contributed by atoms with E-state index in [9.17, 15) is 0 Å². The third kappa shape index (κ3) is 9.09. The molecule has 21 aromatic carbocycles. The molecule has 2 aliphatic rings. The van der Waals surface area contributed by atoms with Crippen molar-refractivity contribution in [3.8, 4) is 62.2 Å². The first-order valence-electron chi connectivity index (χ1n) is 46.9. The van der Waals surface area contributed by atoms with Gasteiger partial charge in [-0.1, -0.05) is 261 Å². The first kappa shape index (κ1) is 72.6. The lowest BCUT2D eigenvalue weighted by Crippen LogP contribution is -2.00. The number of nitrogens with zero attached hydrogens (tertiary/aromatic N) is 13. The van der Waals surface area contributed by atoms with E-state index in [1.165, 1.54) is 234 Å². The molecule has 35 rings (SSSR count). The molecule has 0 N–H and O–H groups in total. The Bertz CT molecular complexity index is 11400. The van der Waals surface area contributed by atoms with Gasteiger partial charge in [0.2, 0.25) is 5.82 Å². The Labute approximate surface area is 781 Å². The zero-order chi connectivity index (χ0) is 89.4. The molecular weight excluding hydrogens is 1680 g/mol. The highest BCUT2D eigenvalue weighted by Crippen LogP contribution is 2.57. The SMILES string of the molecule is [C-]#[N+]c1nc(-n2c3ccc4ccccc4c3c3c4c5ccccc5n5c6ccccc6c(cc32)c45)c2ccccc2n1.c1ccc2c(c1)ccc1c2c2c3c4ccccc4n4c5ccccc5c(cc2n1-c1ccc2c5c(cccc15)-c1nc5ccccc5nc1-2)c34.c1ccc2c(c1)ccc1c2c2c3c4ccccc4n4c5ccccc5c(cc2n1-c1ccc2c5c(cccc15)-c1nccnc1-2)c34. The molecule has 13 heteroatoms. The standard InChI is InChI=1S/C46H24N4.C42H22N4.C37H19N5/c1-2-11-26-25(10-1)20-22-38-41(26)43-39(24-32-27-12-3-7-18-35(27)50-36-19-8-4-13-29(36)42(43)46(32)50)49(38)37-23-21-31-40-28(37)14-9-15-30(40)44-45(31)48-34-17-6-5-16-33(34)47-44;1-2-9-24-23(8-1)16-18-34-37(24)39-35(22-30-25-10-3-5-14-31(25)46-32-15-6-4-11-27(32)38(39)42(30)46)45(34)33-19-17-29-36-26(33)12-7-13-28(36)40-41(29)44-21-20-43-40;1-38-37-39-27-15-7-4-13-24(27)36(40-37)42-30-19-18-21-10-2-3-11-22(21)32(30)34-31(42)20-26-23-12-5-8-16-28(23)41-29-17-9-6-14-25(29)33(34)35(26)41/h1-24H;1-22H;2-20H. The predicted molar refractivity (Wildman–Crippen MR) is 571 cm³/mol. The Morgan fingerprint density at radius 3 is 0.928 bits per heavy atom. The summed E-state index contributed by atoms with van der Waals surface area (Å²) in [6.07, 6.45) is 3.59. The van der Waals surface area contributed by atoms with Crippen molar-refractivity contribution >= 4 is 261 Å². The fourth-order valence-corrected chi connectivity index (χ4v) is 25.4. The normalized spacial score (nSPS) is 12.6. The molecular formula is C125H65N13. The summed E-state index contributed by atoms with van der Waals surface area (Å²) in [4.78, 5) is 32.9. The minimum Gasteiger partial charge on any atom is -0.394 e. The highest BCUT2D eigenvalue weighted by molar-refractivity contribution is 6.43. The van der Waals surface area contributed by atoms with Crippen molar-refractivity contribution < 1.29 is 0 Å². The Morgan fingerprint density at radius 1 is 0.196 bits per heavy atom. The second kappa shape index (κ2) is 26.2. The van der Waals surface area contributed by atoms with E-state index >= 15 is 0 Å². The monoisotopic (exact) mass is 1750 g/mol. The van der Waals surface area contributed by atoms with Gasteiger partial charge >= 0.3 is 5.95 Å². The van der Waals surface area contributed by atoms with Gasteiger partial charge in [0, 0.05) is 153 Å². The maximum absolute atomic E-state index is 7.79. The molecule has 0 atom stereocenters. The number of hydrogen-bond donors (Lipinski definition) is 0. The van der Waals surface area contributed by atoms with Crippen LogP contribution >= 0.6 is 0 Å². The molecule has 0 aliphatic heterocycles. The van der Waals surface area contributed by atoms with Crippen molar-refractivity contribution in [2.45, 2.75) is 0 Å². The van der Waals surface area contributed by atoms with Gasteiger partial charge in [0.05, 0.1) is 133 Å². The first-order chi connectivity index (χ1) is 68.5. The van der Waals surface area contributed by atoms with Crippen molar-refractivity contribution in [1.82, 2.24) is 56.8 Å². The van der Waals surface area contributed by atoms with Crippen LogP contribution < -0.4 is 0 Å². The lowest BCUT2D eigenvalue weighted by Gasteiger charge is -2.13. The summed E-state index contributed by atoms with van der Waals surface area (Å²) in [5, 5.41) is 36.1. The Balaban J connectivity index is 0.0000000928. The molecule has 0 fully saturated rings. The summed E-state index contributed by atoms with van der Waals surface area (Å²) >= 11 is 0. The van der Waals surface area contributed by atoms with E-state index in [4.69, 9.17) is 31.5 Å². The average molecular weight is 1750 g/mol. The van der Waals surface area contributed by atoms with Crippen LogP contribution in [0, 0.1) is 6.57 Å². The van der Waals surface area contributed by atoms with E-state index in [1.807, 2.05) is 30.3 Å². The molecule has 0 saturated carbocycles. The summed E-state index contributed by atoms with van der Waals surface area (Å²) < 4.78 is 14.7. The van der Waals surface area contributed by atoms with Gasteiger partial charge in [-0.2, -0.15) is 0 Å². The highest BCUT2D eigenvalue weighted by atomic mass is 15.1. The van der Waals surface area contributed by atoms with Gasteiger partial charge in [-0.05, 0) is 154 Å². The minimum absolute atomic E-state index is 0.145. The van der Waals surface area contributed by atoms with Crippen LogP contribution in [0.4, 0.5) is 5.95 Å². The van der Waals surface area contributed by atoms with Crippen LogP contribution in [0.3, 0.4) is 0 Å². The first-order valence-corrected chi connectivity index (χ1v) is 46.9. The van der Waals surface area contributed by atoms with Crippen molar-refractivity contribution in [3.05, 3.63) is 406 Å². The summed E-state index contributed by atoms with van der Waals surface area (Å²) in [6, 6.07) is 139. The van der Waals surface area contributed by atoms with E-state index in [2.05, 4.69) is 389 Å². The molecule has 0 amide bonds. The van der Waals surface area contributed by atoms with E-state index in [1.54, 1.807) is 12.4 Å². The van der Waals surface area contributed by atoms with Gasteiger partial charge in [-0.3, -0.25) is 14.5 Å². The number of rotatable bonds is 3.